The maximum atomic E-state index is 12.0. The molecule has 0 aromatic rings. The van der Waals surface area contributed by atoms with Crippen molar-refractivity contribution in [3.8, 4) is 0 Å². The van der Waals surface area contributed by atoms with Crippen LogP contribution in [0, 0.1) is 5.41 Å². The predicted molar refractivity (Wildman–Crippen MR) is 65.1 cm³/mol. The lowest BCUT2D eigenvalue weighted by atomic mass is 9.86. The summed E-state index contributed by atoms with van der Waals surface area (Å²) >= 11 is 0. The number of amides is 1. The fourth-order valence-corrected chi connectivity index (χ4v) is 1.71. The molecule has 0 radical (unpaired) electrons. The highest BCUT2D eigenvalue weighted by molar-refractivity contribution is 5.97. The van der Waals surface area contributed by atoms with E-state index in [1.165, 1.54) is 4.90 Å². The van der Waals surface area contributed by atoms with Gasteiger partial charge in [-0.3, -0.25) is 9.59 Å². The van der Waals surface area contributed by atoms with Gasteiger partial charge in [0.05, 0.1) is 0 Å². The Hall–Kier alpha value is -1.32. The average molecular weight is 239 g/mol. The molecular weight excluding hydrogens is 218 g/mol. The van der Waals surface area contributed by atoms with Gasteiger partial charge in [0.25, 0.3) is 5.91 Å². The van der Waals surface area contributed by atoms with Crippen LogP contribution in [0.5, 0.6) is 0 Å². The second-order valence-corrected chi connectivity index (χ2v) is 5.38. The van der Waals surface area contributed by atoms with Gasteiger partial charge in [-0.2, -0.15) is 0 Å². The summed E-state index contributed by atoms with van der Waals surface area (Å²) in [5.41, 5.74) is 0.478. The molecule has 1 atom stereocenters. The normalized spacial score (nSPS) is 20.5. The molecule has 0 aromatic heterocycles. The van der Waals surface area contributed by atoms with Crippen LogP contribution >= 0.6 is 0 Å². The van der Waals surface area contributed by atoms with Crippen LogP contribution in [0.2, 0.25) is 0 Å². The van der Waals surface area contributed by atoms with Gasteiger partial charge < -0.3 is 9.64 Å². The third kappa shape index (κ3) is 3.08. The highest BCUT2D eigenvalue weighted by Crippen LogP contribution is 2.32. The summed E-state index contributed by atoms with van der Waals surface area (Å²) in [7, 11) is 1.65. The largest absolute Gasteiger partial charge is 0.438 e. The van der Waals surface area contributed by atoms with E-state index < -0.39 is 6.23 Å². The zero-order valence-corrected chi connectivity index (χ0v) is 11.2. The summed E-state index contributed by atoms with van der Waals surface area (Å²) in [5, 5.41) is 0. The summed E-state index contributed by atoms with van der Waals surface area (Å²) in [5.74, 6) is -0.324. The third-order valence-corrected chi connectivity index (χ3v) is 2.76. The standard InChI is InChI=1S/C13H21NO3/c1-6-7-11(15)17-10-8-9(13(2,3)4)12(16)14(10)5/h8,10H,6-7H2,1-5H3. The minimum Gasteiger partial charge on any atom is -0.438 e. The van der Waals surface area contributed by atoms with E-state index in [0.29, 0.717) is 12.0 Å². The molecule has 4 heteroatoms. The van der Waals surface area contributed by atoms with Crippen LogP contribution in [0.3, 0.4) is 0 Å². The average Bonchev–Trinajstić information content (AvgIpc) is 2.46. The molecule has 1 aliphatic rings. The molecule has 0 aromatic carbocycles. The van der Waals surface area contributed by atoms with Gasteiger partial charge in [0.1, 0.15) is 0 Å². The number of rotatable bonds is 3. The van der Waals surface area contributed by atoms with Crippen molar-refractivity contribution < 1.29 is 14.3 Å². The van der Waals surface area contributed by atoms with Crippen molar-refractivity contribution in [1.29, 1.82) is 0 Å². The van der Waals surface area contributed by atoms with Gasteiger partial charge in [0.2, 0.25) is 0 Å². The van der Waals surface area contributed by atoms with Crippen LogP contribution in [0.25, 0.3) is 0 Å². The van der Waals surface area contributed by atoms with E-state index in [4.69, 9.17) is 4.74 Å². The first-order chi connectivity index (χ1) is 7.77. The van der Waals surface area contributed by atoms with Crippen LogP contribution in [0.15, 0.2) is 11.6 Å². The predicted octanol–water partition coefficient (Wildman–Crippen LogP) is 2.10. The second kappa shape index (κ2) is 4.90. The molecule has 0 spiro atoms. The lowest BCUT2D eigenvalue weighted by Gasteiger charge is -2.21. The minimum absolute atomic E-state index is 0.0631. The van der Waals surface area contributed by atoms with Gasteiger partial charge in [-0.15, -0.1) is 0 Å². The molecule has 0 saturated heterocycles. The number of hydrogen-bond donors (Lipinski definition) is 0. The summed E-state index contributed by atoms with van der Waals surface area (Å²) in [6, 6.07) is 0. The van der Waals surface area contributed by atoms with Crippen molar-refractivity contribution in [2.75, 3.05) is 7.05 Å². The SMILES string of the molecule is CCCC(=O)OC1C=C(C(C)(C)C)C(=O)N1C. The molecule has 0 aliphatic carbocycles. The van der Waals surface area contributed by atoms with Crippen LogP contribution in [0.1, 0.15) is 40.5 Å². The zero-order chi connectivity index (χ0) is 13.2. The molecule has 1 aliphatic heterocycles. The maximum absolute atomic E-state index is 12.0. The fraction of sp³-hybridized carbons (Fsp3) is 0.692. The molecule has 0 N–H and O–H groups in total. The molecule has 0 bridgehead atoms. The highest BCUT2D eigenvalue weighted by atomic mass is 16.6. The Morgan fingerprint density at radius 1 is 1.47 bits per heavy atom. The monoisotopic (exact) mass is 239 g/mol. The first-order valence-electron chi connectivity index (χ1n) is 5.96. The van der Waals surface area contributed by atoms with Crippen molar-refractivity contribution in [3.63, 3.8) is 0 Å². The molecule has 96 valence electrons. The van der Waals surface area contributed by atoms with E-state index in [1.54, 1.807) is 13.1 Å². The van der Waals surface area contributed by atoms with Crippen LogP contribution in [0.4, 0.5) is 0 Å². The molecule has 0 fully saturated rings. The first-order valence-corrected chi connectivity index (χ1v) is 5.96. The number of ether oxygens (including phenoxy) is 1. The molecule has 4 nitrogen and oxygen atoms in total. The van der Waals surface area contributed by atoms with E-state index in [-0.39, 0.29) is 17.3 Å². The van der Waals surface area contributed by atoms with Gasteiger partial charge in [0, 0.05) is 19.0 Å². The Morgan fingerprint density at radius 3 is 2.47 bits per heavy atom. The molecule has 17 heavy (non-hydrogen) atoms. The van der Waals surface area contributed by atoms with Gasteiger partial charge in [-0.05, 0) is 17.9 Å². The number of nitrogens with zero attached hydrogens (tertiary/aromatic N) is 1. The van der Waals surface area contributed by atoms with Crippen molar-refractivity contribution >= 4 is 11.9 Å². The van der Waals surface area contributed by atoms with E-state index >= 15 is 0 Å². The maximum Gasteiger partial charge on any atom is 0.307 e. The van der Waals surface area contributed by atoms with E-state index in [2.05, 4.69) is 0 Å². The van der Waals surface area contributed by atoms with E-state index in [9.17, 15) is 9.59 Å². The topological polar surface area (TPSA) is 46.6 Å². The van der Waals surface area contributed by atoms with Crippen molar-refractivity contribution in [3.05, 3.63) is 11.6 Å². The summed E-state index contributed by atoms with van der Waals surface area (Å²) in [6.45, 7) is 7.84. The van der Waals surface area contributed by atoms with Crippen molar-refractivity contribution in [1.82, 2.24) is 4.90 Å². The first kappa shape index (κ1) is 13.7. The number of likely N-dealkylation sites (N-methyl/N-ethyl adjacent to an activating group) is 1. The molecule has 1 heterocycles. The number of carbonyl (C=O) groups excluding carboxylic acids is 2. The smallest absolute Gasteiger partial charge is 0.307 e. The Balaban J connectivity index is 2.79. The third-order valence-electron chi connectivity index (χ3n) is 2.76. The minimum atomic E-state index is -0.546. The van der Waals surface area contributed by atoms with E-state index in [0.717, 1.165) is 6.42 Å². The quantitative estimate of drug-likeness (QED) is 0.708. The Kier molecular flexibility index (Phi) is 3.96. The molecule has 1 amide bonds. The number of hydrogen-bond acceptors (Lipinski definition) is 3. The van der Waals surface area contributed by atoms with Gasteiger partial charge in [-0.25, -0.2) is 0 Å². The van der Waals surface area contributed by atoms with Gasteiger partial charge in [0.15, 0.2) is 6.23 Å². The Morgan fingerprint density at radius 2 is 2.06 bits per heavy atom. The zero-order valence-electron chi connectivity index (χ0n) is 11.2. The van der Waals surface area contributed by atoms with Gasteiger partial charge in [-0.1, -0.05) is 27.7 Å². The Bertz CT molecular complexity index is 352. The summed E-state index contributed by atoms with van der Waals surface area (Å²) < 4.78 is 5.25. The van der Waals surface area contributed by atoms with Crippen LogP contribution < -0.4 is 0 Å². The second-order valence-electron chi connectivity index (χ2n) is 5.38. The van der Waals surface area contributed by atoms with Crippen molar-refractivity contribution in [2.24, 2.45) is 5.41 Å². The molecule has 1 rings (SSSR count). The van der Waals surface area contributed by atoms with Crippen LogP contribution in [-0.2, 0) is 14.3 Å². The van der Waals surface area contributed by atoms with Gasteiger partial charge >= 0.3 is 5.97 Å². The van der Waals surface area contributed by atoms with E-state index in [1.807, 2.05) is 27.7 Å². The van der Waals surface area contributed by atoms with Crippen molar-refractivity contribution in [2.45, 2.75) is 46.8 Å². The fourth-order valence-electron chi connectivity index (χ4n) is 1.71. The van der Waals surface area contributed by atoms with Crippen LogP contribution in [-0.4, -0.2) is 30.1 Å². The number of carbonyl (C=O) groups is 2. The Labute approximate surface area is 103 Å². The highest BCUT2D eigenvalue weighted by Gasteiger charge is 2.37. The lowest BCUT2D eigenvalue weighted by Crippen LogP contribution is -2.35. The number of esters is 1. The lowest BCUT2D eigenvalue weighted by molar-refractivity contribution is -0.155. The summed E-state index contributed by atoms with van der Waals surface area (Å²) in [6.07, 6.45) is 2.34. The summed E-state index contributed by atoms with van der Waals surface area (Å²) in [4.78, 5) is 24.9. The molecule has 0 saturated carbocycles. The molecule has 1 unspecified atom stereocenters. The molecular formula is C13H21NO3.